The molecule has 0 aromatic heterocycles. The van der Waals surface area contributed by atoms with Gasteiger partial charge in [-0.05, 0) is 56.4 Å². The lowest BCUT2D eigenvalue weighted by molar-refractivity contribution is 0.0528. The van der Waals surface area contributed by atoms with E-state index in [0.29, 0.717) is 5.56 Å². The Bertz CT molecular complexity index is 543. The largest absolute Gasteiger partial charge is 0.508 e. The topological polar surface area (TPSA) is 60.8 Å². The number of phenolic OH excluding ortho intramolecular Hbond substituents is 1. The van der Waals surface area contributed by atoms with Gasteiger partial charge in [0, 0.05) is 24.1 Å². The van der Waals surface area contributed by atoms with Gasteiger partial charge in [-0.1, -0.05) is 6.42 Å². The number of aromatic hydroxyl groups is 1. The van der Waals surface area contributed by atoms with Crippen molar-refractivity contribution in [2.75, 3.05) is 6.54 Å². The zero-order valence-electron chi connectivity index (χ0n) is 12.5. The van der Waals surface area contributed by atoms with Gasteiger partial charge in [0.05, 0.1) is 6.10 Å². The molecular formula is C17H23NO3. The van der Waals surface area contributed by atoms with Gasteiger partial charge in [0.25, 0.3) is 5.91 Å². The number of aliphatic hydroxyl groups excluding tert-OH is 1. The SMILES string of the molecule is Cc1cc(C(=O)N2CCCC2C2CCCC2O)ccc1O. The molecule has 3 atom stereocenters. The molecule has 1 saturated carbocycles. The summed E-state index contributed by atoms with van der Waals surface area (Å²) in [5.74, 6) is 0.477. The number of likely N-dealkylation sites (tertiary alicyclic amines) is 1. The molecule has 1 aliphatic heterocycles. The van der Waals surface area contributed by atoms with Crippen LogP contribution in [0.5, 0.6) is 5.75 Å². The molecule has 3 rings (SSSR count). The van der Waals surface area contributed by atoms with Crippen LogP contribution in [0.1, 0.15) is 48.0 Å². The number of hydrogen-bond donors (Lipinski definition) is 2. The van der Waals surface area contributed by atoms with Crippen molar-refractivity contribution >= 4 is 5.91 Å². The first-order valence-corrected chi connectivity index (χ1v) is 7.86. The number of hydrogen-bond acceptors (Lipinski definition) is 3. The summed E-state index contributed by atoms with van der Waals surface area (Å²) in [6, 6.07) is 5.19. The third kappa shape index (κ3) is 2.64. The Morgan fingerprint density at radius 1 is 1.24 bits per heavy atom. The van der Waals surface area contributed by atoms with Crippen LogP contribution in [-0.2, 0) is 0 Å². The van der Waals surface area contributed by atoms with Gasteiger partial charge in [0.15, 0.2) is 0 Å². The number of amides is 1. The Kier molecular flexibility index (Phi) is 3.89. The standard InChI is InChI=1S/C17H23NO3/c1-11-10-12(7-8-15(11)19)17(21)18-9-3-5-14(18)13-4-2-6-16(13)20/h7-8,10,13-14,16,19-20H,2-6,9H2,1H3. The van der Waals surface area contributed by atoms with Crippen LogP contribution in [-0.4, -0.2) is 39.7 Å². The maximum atomic E-state index is 12.7. The molecule has 3 unspecified atom stereocenters. The third-order valence-corrected chi connectivity index (χ3v) is 5.03. The van der Waals surface area contributed by atoms with E-state index in [4.69, 9.17) is 0 Å². The van der Waals surface area contributed by atoms with Crippen LogP contribution in [0.15, 0.2) is 18.2 Å². The van der Waals surface area contributed by atoms with Crippen molar-refractivity contribution in [1.82, 2.24) is 4.90 Å². The lowest BCUT2D eigenvalue weighted by Crippen LogP contribution is -2.42. The predicted molar refractivity (Wildman–Crippen MR) is 80.3 cm³/mol. The fourth-order valence-electron chi connectivity index (χ4n) is 3.86. The summed E-state index contributed by atoms with van der Waals surface area (Å²) in [5, 5.41) is 19.7. The Morgan fingerprint density at radius 3 is 2.71 bits per heavy atom. The Hall–Kier alpha value is -1.55. The van der Waals surface area contributed by atoms with Gasteiger partial charge in [-0.3, -0.25) is 4.79 Å². The summed E-state index contributed by atoms with van der Waals surface area (Å²) in [7, 11) is 0. The average molecular weight is 289 g/mol. The highest BCUT2D eigenvalue weighted by atomic mass is 16.3. The Balaban J connectivity index is 1.81. The summed E-state index contributed by atoms with van der Waals surface area (Å²) in [5.41, 5.74) is 1.35. The van der Waals surface area contributed by atoms with E-state index in [0.717, 1.165) is 44.2 Å². The number of phenols is 1. The van der Waals surface area contributed by atoms with Gasteiger partial charge in [0.1, 0.15) is 5.75 Å². The molecule has 2 N–H and O–H groups in total. The highest BCUT2D eigenvalue weighted by Crippen LogP contribution is 2.36. The summed E-state index contributed by atoms with van der Waals surface area (Å²) < 4.78 is 0. The van der Waals surface area contributed by atoms with E-state index in [1.54, 1.807) is 25.1 Å². The number of aliphatic hydroxyl groups is 1. The number of nitrogens with zero attached hydrogens (tertiary/aromatic N) is 1. The quantitative estimate of drug-likeness (QED) is 0.879. The minimum atomic E-state index is -0.259. The smallest absolute Gasteiger partial charge is 0.254 e. The van der Waals surface area contributed by atoms with Crippen molar-refractivity contribution in [3.05, 3.63) is 29.3 Å². The molecule has 2 aliphatic rings. The minimum absolute atomic E-state index is 0.0275. The molecule has 4 nitrogen and oxygen atoms in total. The fourth-order valence-corrected chi connectivity index (χ4v) is 3.86. The van der Waals surface area contributed by atoms with Crippen molar-refractivity contribution in [3.63, 3.8) is 0 Å². The second kappa shape index (κ2) is 5.68. The van der Waals surface area contributed by atoms with E-state index in [9.17, 15) is 15.0 Å². The van der Waals surface area contributed by atoms with Gasteiger partial charge in [-0.25, -0.2) is 0 Å². The van der Waals surface area contributed by atoms with Crippen molar-refractivity contribution < 1.29 is 15.0 Å². The molecule has 1 aromatic rings. The second-order valence-corrected chi connectivity index (χ2v) is 6.37. The number of rotatable bonds is 2. The number of aryl methyl sites for hydroxylation is 1. The first kappa shape index (κ1) is 14.4. The highest BCUT2D eigenvalue weighted by molar-refractivity contribution is 5.95. The van der Waals surface area contributed by atoms with Crippen molar-refractivity contribution in [2.45, 2.75) is 51.2 Å². The molecule has 0 bridgehead atoms. The minimum Gasteiger partial charge on any atom is -0.508 e. The van der Waals surface area contributed by atoms with E-state index >= 15 is 0 Å². The molecule has 4 heteroatoms. The lowest BCUT2D eigenvalue weighted by Gasteiger charge is -2.31. The van der Waals surface area contributed by atoms with E-state index in [1.165, 1.54) is 0 Å². The van der Waals surface area contributed by atoms with Crippen LogP contribution in [0, 0.1) is 12.8 Å². The molecule has 1 amide bonds. The van der Waals surface area contributed by atoms with Crippen molar-refractivity contribution in [1.29, 1.82) is 0 Å². The molecule has 1 aromatic carbocycles. The highest BCUT2D eigenvalue weighted by Gasteiger charge is 2.40. The van der Waals surface area contributed by atoms with E-state index < -0.39 is 0 Å². The summed E-state index contributed by atoms with van der Waals surface area (Å²) in [4.78, 5) is 14.7. The van der Waals surface area contributed by atoms with Crippen LogP contribution in [0.3, 0.4) is 0 Å². The van der Waals surface area contributed by atoms with Gasteiger partial charge in [-0.15, -0.1) is 0 Å². The number of carbonyl (C=O) groups is 1. The van der Waals surface area contributed by atoms with Gasteiger partial charge < -0.3 is 15.1 Å². The van der Waals surface area contributed by atoms with Gasteiger partial charge >= 0.3 is 0 Å². The normalized spacial score (nSPS) is 29.0. The first-order valence-electron chi connectivity index (χ1n) is 7.86. The van der Waals surface area contributed by atoms with Crippen molar-refractivity contribution in [2.24, 2.45) is 5.92 Å². The molecule has 114 valence electrons. The molecule has 0 spiro atoms. The van der Waals surface area contributed by atoms with E-state index in [1.807, 2.05) is 4.90 Å². The van der Waals surface area contributed by atoms with E-state index in [2.05, 4.69) is 0 Å². The fraction of sp³-hybridized carbons (Fsp3) is 0.588. The Morgan fingerprint density at radius 2 is 2.05 bits per heavy atom. The van der Waals surface area contributed by atoms with Crippen LogP contribution in [0.25, 0.3) is 0 Å². The first-order chi connectivity index (χ1) is 10.1. The molecule has 2 fully saturated rings. The monoisotopic (exact) mass is 289 g/mol. The average Bonchev–Trinajstić information content (AvgIpc) is 3.09. The second-order valence-electron chi connectivity index (χ2n) is 6.37. The summed E-state index contributed by atoms with van der Waals surface area (Å²) in [6.07, 6.45) is 4.68. The van der Waals surface area contributed by atoms with E-state index in [-0.39, 0.29) is 29.7 Å². The number of benzene rings is 1. The molecule has 21 heavy (non-hydrogen) atoms. The predicted octanol–water partition coefficient (Wildman–Crippen LogP) is 2.47. The van der Waals surface area contributed by atoms with Crippen LogP contribution in [0.4, 0.5) is 0 Å². The van der Waals surface area contributed by atoms with Gasteiger partial charge in [0.2, 0.25) is 0 Å². The van der Waals surface area contributed by atoms with Crippen LogP contribution >= 0.6 is 0 Å². The van der Waals surface area contributed by atoms with Crippen LogP contribution in [0.2, 0.25) is 0 Å². The molecule has 1 heterocycles. The molecule has 1 aliphatic carbocycles. The molecule has 0 radical (unpaired) electrons. The van der Waals surface area contributed by atoms with Crippen molar-refractivity contribution in [3.8, 4) is 5.75 Å². The Labute approximate surface area is 125 Å². The summed E-state index contributed by atoms with van der Waals surface area (Å²) in [6.45, 7) is 2.57. The molecular weight excluding hydrogens is 266 g/mol. The van der Waals surface area contributed by atoms with Crippen LogP contribution < -0.4 is 0 Å². The maximum absolute atomic E-state index is 12.7. The molecule has 1 saturated heterocycles. The maximum Gasteiger partial charge on any atom is 0.254 e. The van der Waals surface area contributed by atoms with Gasteiger partial charge in [-0.2, -0.15) is 0 Å². The lowest BCUT2D eigenvalue weighted by atomic mass is 9.93. The summed E-state index contributed by atoms with van der Waals surface area (Å²) >= 11 is 0. The zero-order valence-corrected chi connectivity index (χ0v) is 12.5. The zero-order chi connectivity index (χ0) is 15.0. The third-order valence-electron chi connectivity index (χ3n) is 5.03. The number of carbonyl (C=O) groups excluding carboxylic acids is 1.